The van der Waals surface area contributed by atoms with Crippen LogP contribution in [0.3, 0.4) is 0 Å². The van der Waals surface area contributed by atoms with E-state index in [-0.39, 0.29) is 0 Å². The second kappa shape index (κ2) is 2.89. The van der Waals surface area contributed by atoms with Gasteiger partial charge in [-0.2, -0.15) is 0 Å². The first-order valence-electron chi connectivity index (χ1n) is 3.72. The summed E-state index contributed by atoms with van der Waals surface area (Å²) in [6.07, 6.45) is 6.22. The van der Waals surface area contributed by atoms with Crippen LogP contribution in [0.4, 0.5) is 0 Å². The highest BCUT2D eigenvalue weighted by atomic mass is 14.2. The van der Waals surface area contributed by atoms with Crippen LogP contribution >= 0.6 is 0 Å². The highest BCUT2D eigenvalue weighted by molar-refractivity contribution is 5.05. The molecule has 50 valence electrons. The van der Waals surface area contributed by atoms with E-state index in [1.165, 1.54) is 24.8 Å². The summed E-state index contributed by atoms with van der Waals surface area (Å²) in [6.45, 7) is 4.21. The van der Waals surface area contributed by atoms with Crippen LogP contribution in [0.5, 0.6) is 0 Å². The van der Waals surface area contributed by atoms with Crippen molar-refractivity contribution >= 4 is 0 Å². The molecule has 0 heteroatoms. The van der Waals surface area contributed by atoms with E-state index in [1.54, 1.807) is 0 Å². The molecule has 0 bridgehead atoms. The Morgan fingerprint density at radius 2 is 2.22 bits per heavy atom. The zero-order valence-corrected chi connectivity index (χ0v) is 6.28. The number of rotatable bonds is 1. The number of allylic oxidation sites excluding steroid dienone is 1. The van der Waals surface area contributed by atoms with Crippen LogP contribution in [0.1, 0.15) is 33.1 Å². The highest BCUT2D eigenvalue weighted by Gasteiger charge is 2.17. The molecule has 0 N–H and O–H groups in total. The average Bonchev–Trinajstić information content (AvgIpc) is 1.60. The van der Waals surface area contributed by atoms with Crippen molar-refractivity contribution in [2.24, 2.45) is 5.92 Å². The van der Waals surface area contributed by atoms with Gasteiger partial charge in [-0.1, -0.05) is 6.42 Å². The summed E-state index contributed by atoms with van der Waals surface area (Å²) < 4.78 is 0. The van der Waals surface area contributed by atoms with Crippen molar-refractivity contribution in [3.05, 3.63) is 17.4 Å². The first-order chi connectivity index (χ1) is 4.34. The zero-order chi connectivity index (χ0) is 6.69. The van der Waals surface area contributed by atoms with Crippen LogP contribution in [-0.2, 0) is 0 Å². The smallest absolute Gasteiger partial charge is 0.0130 e. The van der Waals surface area contributed by atoms with Crippen LogP contribution in [0, 0.1) is 5.92 Å². The molecule has 0 heterocycles. The standard InChI is InChI=1S/C9H14/c1-3-5-8(2)9-6-4-7-9/h3,9H,4,6-7H2,1-2H3. The minimum atomic E-state index is 0.876. The normalized spacial score (nSPS) is 18.0. The molecule has 1 rings (SSSR count). The number of hydrogen-bond acceptors (Lipinski definition) is 0. The van der Waals surface area contributed by atoms with E-state index in [9.17, 15) is 0 Å². The van der Waals surface area contributed by atoms with Crippen LogP contribution in [0.15, 0.2) is 17.4 Å². The lowest BCUT2D eigenvalue weighted by molar-refractivity contribution is 0.368. The molecule has 0 atom stereocenters. The quantitative estimate of drug-likeness (QED) is 0.469. The molecule has 0 nitrogen and oxygen atoms in total. The molecule has 0 unspecified atom stereocenters. The molecule has 0 aromatic rings. The first-order valence-corrected chi connectivity index (χ1v) is 3.72. The third-order valence-corrected chi connectivity index (χ3v) is 2.09. The van der Waals surface area contributed by atoms with E-state index in [4.69, 9.17) is 0 Å². The van der Waals surface area contributed by atoms with Crippen molar-refractivity contribution in [3.63, 3.8) is 0 Å². The molecular formula is C9H14. The fourth-order valence-corrected chi connectivity index (χ4v) is 1.19. The molecule has 0 spiro atoms. The van der Waals surface area contributed by atoms with Gasteiger partial charge in [-0.15, -0.1) is 5.73 Å². The van der Waals surface area contributed by atoms with Gasteiger partial charge in [0.25, 0.3) is 0 Å². The van der Waals surface area contributed by atoms with Crippen LogP contribution < -0.4 is 0 Å². The van der Waals surface area contributed by atoms with E-state index < -0.39 is 0 Å². The fraction of sp³-hybridized carbons (Fsp3) is 0.667. The van der Waals surface area contributed by atoms with Crippen molar-refractivity contribution < 1.29 is 0 Å². The molecule has 0 radical (unpaired) electrons. The Morgan fingerprint density at radius 3 is 2.56 bits per heavy atom. The molecule has 1 saturated carbocycles. The van der Waals surface area contributed by atoms with Crippen molar-refractivity contribution in [3.8, 4) is 0 Å². The molecule has 0 aromatic heterocycles. The second-order valence-electron chi connectivity index (χ2n) is 2.74. The van der Waals surface area contributed by atoms with E-state index in [0.717, 1.165) is 5.92 Å². The third kappa shape index (κ3) is 1.46. The Bertz CT molecular complexity index is 143. The first kappa shape index (κ1) is 6.64. The Hall–Kier alpha value is -0.480. The molecule has 1 aliphatic carbocycles. The van der Waals surface area contributed by atoms with Gasteiger partial charge in [0.2, 0.25) is 0 Å². The minimum absolute atomic E-state index is 0.876. The summed E-state index contributed by atoms with van der Waals surface area (Å²) in [4.78, 5) is 0. The summed E-state index contributed by atoms with van der Waals surface area (Å²) in [7, 11) is 0. The van der Waals surface area contributed by atoms with Crippen LogP contribution in [0.2, 0.25) is 0 Å². The Labute approximate surface area is 57.3 Å². The fourth-order valence-electron chi connectivity index (χ4n) is 1.19. The third-order valence-electron chi connectivity index (χ3n) is 2.09. The molecule has 0 saturated heterocycles. The molecule has 0 aliphatic heterocycles. The van der Waals surface area contributed by atoms with Crippen LogP contribution in [-0.4, -0.2) is 0 Å². The Balaban J connectivity index is 2.50. The maximum absolute atomic E-state index is 3.24. The van der Waals surface area contributed by atoms with Gasteiger partial charge >= 0.3 is 0 Å². The van der Waals surface area contributed by atoms with Crippen molar-refractivity contribution in [2.45, 2.75) is 33.1 Å². The average molecular weight is 122 g/mol. The monoisotopic (exact) mass is 122 g/mol. The predicted octanol–water partition coefficient (Wildman–Crippen LogP) is 2.91. The summed E-state index contributed by atoms with van der Waals surface area (Å²) in [6, 6.07) is 0. The molecular weight excluding hydrogens is 108 g/mol. The van der Waals surface area contributed by atoms with Gasteiger partial charge in [0.15, 0.2) is 0 Å². The summed E-state index contributed by atoms with van der Waals surface area (Å²) >= 11 is 0. The lowest BCUT2D eigenvalue weighted by Crippen LogP contribution is -2.11. The largest absolute Gasteiger partial charge is 0.126 e. The highest BCUT2D eigenvalue weighted by Crippen LogP contribution is 2.31. The molecule has 1 fully saturated rings. The van der Waals surface area contributed by atoms with Crippen molar-refractivity contribution in [1.82, 2.24) is 0 Å². The Morgan fingerprint density at radius 1 is 1.56 bits per heavy atom. The maximum atomic E-state index is 3.24. The topological polar surface area (TPSA) is 0 Å². The molecule has 0 amide bonds. The predicted molar refractivity (Wildman–Crippen MR) is 40.3 cm³/mol. The lowest BCUT2D eigenvalue weighted by Gasteiger charge is -2.24. The molecule has 9 heavy (non-hydrogen) atoms. The lowest BCUT2D eigenvalue weighted by atomic mass is 9.81. The summed E-state index contributed by atoms with van der Waals surface area (Å²) in [5, 5.41) is 0. The van der Waals surface area contributed by atoms with Crippen LogP contribution in [0.25, 0.3) is 0 Å². The molecule has 0 aromatic carbocycles. The van der Waals surface area contributed by atoms with E-state index >= 15 is 0 Å². The van der Waals surface area contributed by atoms with Gasteiger partial charge in [0.1, 0.15) is 0 Å². The molecule has 1 aliphatic rings. The minimum Gasteiger partial charge on any atom is -0.126 e. The summed E-state index contributed by atoms with van der Waals surface area (Å²) in [5.74, 6) is 0.876. The SMILES string of the molecule is CC=C=C(C)C1CCC1. The van der Waals surface area contributed by atoms with Crippen molar-refractivity contribution in [2.75, 3.05) is 0 Å². The van der Waals surface area contributed by atoms with Gasteiger partial charge in [0, 0.05) is 0 Å². The van der Waals surface area contributed by atoms with E-state index in [1.807, 2.05) is 13.0 Å². The maximum Gasteiger partial charge on any atom is -0.0130 e. The van der Waals surface area contributed by atoms with Gasteiger partial charge < -0.3 is 0 Å². The zero-order valence-electron chi connectivity index (χ0n) is 6.28. The van der Waals surface area contributed by atoms with Gasteiger partial charge in [-0.05, 0) is 44.3 Å². The number of hydrogen-bond donors (Lipinski definition) is 0. The summed E-state index contributed by atoms with van der Waals surface area (Å²) in [5.41, 5.74) is 4.69. The van der Waals surface area contributed by atoms with E-state index in [0.29, 0.717) is 0 Å². The van der Waals surface area contributed by atoms with Crippen molar-refractivity contribution in [1.29, 1.82) is 0 Å². The van der Waals surface area contributed by atoms with E-state index in [2.05, 4.69) is 12.7 Å². The van der Waals surface area contributed by atoms with Gasteiger partial charge in [-0.25, -0.2) is 0 Å². The Kier molecular flexibility index (Phi) is 2.13. The van der Waals surface area contributed by atoms with Gasteiger partial charge in [-0.3, -0.25) is 0 Å². The second-order valence-corrected chi connectivity index (χ2v) is 2.74. The van der Waals surface area contributed by atoms with Gasteiger partial charge in [0.05, 0.1) is 0 Å².